The number of pyridine rings is 1. The van der Waals surface area contributed by atoms with Crippen molar-refractivity contribution in [3.63, 3.8) is 0 Å². The Kier molecular flexibility index (Phi) is 4.05. The number of unbranched alkanes of at least 4 members (excludes halogenated alkanes) is 1. The van der Waals surface area contributed by atoms with Crippen molar-refractivity contribution in [1.29, 1.82) is 0 Å². The highest BCUT2D eigenvalue weighted by atomic mass is 16.1. The molecule has 0 spiro atoms. The van der Waals surface area contributed by atoms with Gasteiger partial charge in [0.15, 0.2) is 5.78 Å². The SMILES string of the molecule is CCCCC(N)C(=O)c1cccc2cnccc12. The summed E-state index contributed by atoms with van der Waals surface area (Å²) in [6, 6.07) is 7.15. The van der Waals surface area contributed by atoms with E-state index in [0.29, 0.717) is 5.56 Å². The van der Waals surface area contributed by atoms with Gasteiger partial charge in [-0.05, 0) is 17.9 Å². The Morgan fingerprint density at radius 2 is 2.22 bits per heavy atom. The molecule has 0 amide bonds. The first-order chi connectivity index (χ1) is 8.74. The second kappa shape index (κ2) is 5.74. The molecule has 3 nitrogen and oxygen atoms in total. The average molecular weight is 242 g/mol. The van der Waals surface area contributed by atoms with Crippen LogP contribution in [0.5, 0.6) is 0 Å². The summed E-state index contributed by atoms with van der Waals surface area (Å²) >= 11 is 0. The number of aromatic nitrogens is 1. The van der Waals surface area contributed by atoms with Gasteiger partial charge in [0.1, 0.15) is 0 Å². The molecule has 2 rings (SSSR count). The average Bonchev–Trinajstić information content (AvgIpc) is 2.43. The zero-order valence-corrected chi connectivity index (χ0v) is 10.6. The zero-order chi connectivity index (χ0) is 13.0. The molecule has 0 bridgehead atoms. The number of hydrogen-bond acceptors (Lipinski definition) is 3. The van der Waals surface area contributed by atoms with Gasteiger partial charge in [-0.2, -0.15) is 0 Å². The predicted octanol–water partition coefficient (Wildman–Crippen LogP) is 2.94. The van der Waals surface area contributed by atoms with Crippen molar-refractivity contribution in [2.75, 3.05) is 0 Å². The maximum Gasteiger partial charge on any atom is 0.180 e. The van der Waals surface area contributed by atoms with Gasteiger partial charge in [-0.3, -0.25) is 9.78 Å². The molecule has 94 valence electrons. The summed E-state index contributed by atoms with van der Waals surface area (Å²) in [4.78, 5) is 16.4. The summed E-state index contributed by atoms with van der Waals surface area (Å²) in [6.45, 7) is 2.10. The first kappa shape index (κ1) is 12.7. The molecule has 0 saturated carbocycles. The topological polar surface area (TPSA) is 56.0 Å². The van der Waals surface area contributed by atoms with Crippen LogP contribution in [-0.4, -0.2) is 16.8 Å². The van der Waals surface area contributed by atoms with E-state index in [2.05, 4.69) is 11.9 Å². The number of Topliss-reactive ketones (excluding diaryl/α,β-unsaturated/α-hetero) is 1. The van der Waals surface area contributed by atoms with E-state index >= 15 is 0 Å². The van der Waals surface area contributed by atoms with Crippen molar-refractivity contribution in [3.8, 4) is 0 Å². The fraction of sp³-hybridized carbons (Fsp3) is 0.333. The molecule has 1 aromatic carbocycles. The molecule has 1 unspecified atom stereocenters. The smallest absolute Gasteiger partial charge is 0.180 e. The minimum atomic E-state index is -0.399. The highest BCUT2D eigenvalue weighted by molar-refractivity contribution is 6.10. The van der Waals surface area contributed by atoms with Crippen LogP contribution >= 0.6 is 0 Å². The van der Waals surface area contributed by atoms with Crippen LogP contribution < -0.4 is 5.73 Å². The summed E-state index contributed by atoms with van der Waals surface area (Å²) in [6.07, 6.45) is 6.26. The number of ketones is 1. The molecular formula is C15H18N2O. The van der Waals surface area contributed by atoms with E-state index < -0.39 is 6.04 Å². The molecule has 0 fully saturated rings. The van der Waals surface area contributed by atoms with Crippen LogP contribution in [0.4, 0.5) is 0 Å². The lowest BCUT2D eigenvalue weighted by molar-refractivity contribution is 0.0958. The Morgan fingerprint density at radius 3 is 3.00 bits per heavy atom. The van der Waals surface area contributed by atoms with Crippen LogP contribution in [0, 0.1) is 0 Å². The molecule has 18 heavy (non-hydrogen) atoms. The van der Waals surface area contributed by atoms with Crippen molar-refractivity contribution in [2.45, 2.75) is 32.2 Å². The van der Waals surface area contributed by atoms with E-state index in [0.717, 1.165) is 30.0 Å². The quantitative estimate of drug-likeness (QED) is 0.820. The van der Waals surface area contributed by atoms with Gasteiger partial charge in [-0.15, -0.1) is 0 Å². The zero-order valence-electron chi connectivity index (χ0n) is 10.6. The van der Waals surface area contributed by atoms with Gasteiger partial charge in [0.2, 0.25) is 0 Å². The number of hydrogen-bond donors (Lipinski definition) is 1. The molecule has 2 aromatic rings. The van der Waals surface area contributed by atoms with Crippen molar-refractivity contribution >= 4 is 16.6 Å². The normalized spacial score (nSPS) is 12.6. The van der Waals surface area contributed by atoms with Crippen molar-refractivity contribution in [1.82, 2.24) is 4.98 Å². The minimum absolute atomic E-state index is 0.0280. The number of benzene rings is 1. The van der Waals surface area contributed by atoms with Gasteiger partial charge >= 0.3 is 0 Å². The molecule has 1 atom stereocenters. The summed E-state index contributed by atoms with van der Waals surface area (Å²) in [5.41, 5.74) is 6.67. The standard InChI is InChI=1S/C15H18N2O/c1-2-3-7-14(16)15(18)13-6-4-5-11-10-17-9-8-12(11)13/h4-6,8-10,14H,2-3,7,16H2,1H3. The minimum Gasteiger partial charge on any atom is -0.321 e. The van der Waals surface area contributed by atoms with Gasteiger partial charge in [-0.25, -0.2) is 0 Å². The van der Waals surface area contributed by atoms with Crippen molar-refractivity contribution in [3.05, 3.63) is 42.2 Å². The predicted molar refractivity (Wildman–Crippen MR) is 73.6 cm³/mol. The largest absolute Gasteiger partial charge is 0.321 e. The second-order valence-corrected chi connectivity index (χ2v) is 4.52. The Balaban J connectivity index is 2.33. The summed E-state index contributed by atoms with van der Waals surface area (Å²) in [7, 11) is 0. The van der Waals surface area contributed by atoms with Gasteiger partial charge in [0, 0.05) is 23.3 Å². The fourth-order valence-corrected chi connectivity index (χ4v) is 2.09. The lowest BCUT2D eigenvalue weighted by atomic mass is 9.96. The number of nitrogens with two attached hydrogens (primary N) is 1. The maximum absolute atomic E-state index is 12.3. The van der Waals surface area contributed by atoms with E-state index in [1.54, 1.807) is 12.4 Å². The summed E-state index contributed by atoms with van der Waals surface area (Å²) in [5.74, 6) is 0.0280. The van der Waals surface area contributed by atoms with Crippen molar-refractivity contribution in [2.24, 2.45) is 5.73 Å². The highest BCUT2D eigenvalue weighted by Gasteiger charge is 2.17. The monoisotopic (exact) mass is 242 g/mol. The molecule has 1 aromatic heterocycles. The Labute approximate surface area is 107 Å². The first-order valence-corrected chi connectivity index (χ1v) is 6.36. The van der Waals surface area contributed by atoms with E-state index in [1.807, 2.05) is 24.3 Å². The van der Waals surface area contributed by atoms with Crippen LogP contribution in [-0.2, 0) is 0 Å². The first-order valence-electron chi connectivity index (χ1n) is 6.36. The fourth-order valence-electron chi connectivity index (χ4n) is 2.09. The number of carbonyl (C=O) groups is 1. The van der Waals surface area contributed by atoms with E-state index in [1.165, 1.54) is 0 Å². The Hall–Kier alpha value is -1.74. The van der Waals surface area contributed by atoms with E-state index in [-0.39, 0.29) is 5.78 Å². The molecule has 0 aliphatic carbocycles. The molecule has 0 aliphatic heterocycles. The third kappa shape index (κ3) is 2.57. The van der Waals surface area contributed by atoms with Gasteiger partial charge < -0.3 is 5.73 Å². The Morgan fingerprint density at radius 1 is 1.39 bits per heavy atom. The molecule has 0 aliphatic rings. The number of carbonyl (C=O) groups excluding carboxylic acids is 1. The lowest BCUT2D eigenvalue weighted by Gasteiger charge is -2.11. The number of nitrogens with zero attached hydrogens (tertiary/aromatic N) is 1. The maximum atomic E-state index is 12.3. The van der Waals surface area contributed by atoms with Crippen LogP contribution in [0.2, 0.25) is 0 Å². The van der Waals surface area contributed by atoms with Gasteiger partial charge in [-0.1, -0.05) is 38.0 Å². The third-order valence-corrected chi connectivity index (χ3v) is 3.15. The molecular weight excluding hydrogens is 224 g/mol. The lowest BCUT2D eigenvalue weighted by Crippen LogP contribution is -2.30. The van der Waals surface area contributed by atoms with Gasteiger partial charge in [0.25, 0.3) is 0 Å². The van der Waals surface area contributed by atoms with E-state index in [4.69, 9.17) is 5.73 Å². The molecule has 3 heteroatoms. The molecule has 0 radical (unpaired) electrons. The summed E-state index contributed by atoms with van der Waals surface area (Å²) in [5, 5.41) is 1.91. The highest BCUT2D eigenvalue weighted by Crippen LogP contribution is 2.19. The van der Waals surface area contributed by atoms with Crippen LogP contribution in [0.3, 0.4) is 0 Å². The molecule has 2 N–H and O–H groups in total. The Bertz CT molecular complexity index is 546. The van der Waals surface area contributed by atoms with Crippen LogP contribution in [0.25, 0.3) is 10.8 Å². The summed E-state index contributed by atoms with van der Waals surface area (Å²) < 4.78 is 0. The van der Waals surface area contributed by atoms with E-state index in [9.17, 15) is 4.79 Å². The van der Waals surface area contributed by atoms with Crippen LogP contribution in [0.1, 0.15) is 36.5 Å². The van der Waals surface area contributed by atoms with Crippen LogP contribution in [0.15, 0.2) is 36.7 Å². The second-order valence-electron chi connectivity index (χ2n) is 4.52. The van der Waals surface area contributed by atoms with Crippen molar-refractivity contribution < 1.29 is 4.79 Å². The number of rotatable bonds is 5. The molecule has 0 saturated heterocycles. The molecule has 1 heterocycles. The number of fused-ring (bicyclic) bond motifs is 1. The third-order valence-electron chi connectivity index (χ3n) is 3.15. The van der Waals surface area contributed by atoms with Gasteiger partial charge in [0.05, 0.1) is 6.04 Å².